The molecule has 0 saturated carbocycles. The molecule has 0 aliphatic heterocycles. The fourth-order valence-corrected chi connectivity index (χ4v) is 4.29. The number of ether oxygens (including phenoxy) is 3. The highest BCUT2D eigenvalue weighted by Crippen LogP contribution is 2.22. The van der Waals surface area contributed by atoms with Crippen LogP contribution in [0.4, 0.5) is 10.5 Å². The highest BCUT2D eigenvalue weighted by atomic mass is 16.5. The summed E-state index contributed by atoms with van der Waals surface area (Å²) in [6.07, 6.45) is 10.2. The van der Waals surface area contributed by atoms with E-state index >= 15 is 0 Å². The van der Waals surface area contributed by atoms with Crippen molar-refractivity contribution in [2.45, 2.75) is 84.3 Å². The first-order valence-corrected chi connectivity index (χ1v) is 15.6. The Balaban J connectivity index is 0.000000812. The molecular formula is C36H49N3O7. The van der Waals surface area contributed by atoms with E-state index in [1.807, 2.05) is 36.4 Å². The van der Waals surface area contributed by atoms with Crippen molar-refractivity contribution in [3.8, 4) is 17.2 Å². The van der Waals surface area contributed by atoms with Crippen molar-refractivity contribution >= 4 is 23.8 Å². The number of carboxylic acid groups (broad SMARTS) is 2. The summed E-state index contributed by atoms with van der Waals surface area (Å²) in [6, 6.07) is 19.2. The average Bonchev–Trinajstić information content (AvgIpc) is 2.99. The lowest BCUT2D eigenvalue weighted by atomic mass is 10.0. The zero-order chi connectivity index (χ0) is 33.8. The van der Waals surface area contributed by atoms with E-state index in [2.05, 4.69) is 22.4 Å². The van der Waals surface area contributed by atoms with Crippen molar-refractivity contribution in [3.05, 3.63) is 83.7 Å². The smallest absolute Gasteiger partial charge is 0.405 e. The van der Waals surface area contributed by atoms with E-state index in [0.29, 0.717) is 35.2 Å². The molecule has 0 spiro atoms. The molecule has 0 atom stereocenters. The van der Waals surface area contributed by atoms with Crippen molar-refractivity contribution in [1.82, 2.24) is 10.3 Å². The number of aryl methyl sites for hydroxylation is 1. The van der Waals surface area contributed by atoms with Crippen LogP contribution < -0.4 is 25.3 Å². The van der Waals surface area contributed by atoms with Gasteiger partial charge in [0.15, 0.2) is 0 Å². The lowest BCUT2D eigenvalue weighted by Crippen LogP contribution is -2.39. The molecule has 0 radical (unpaired) electrons. The summed E-state index contributed by atoms with van der Waals surface area (Å²) < 4.78 is 17.0. The summed E-state index contributed by atoms with van der Waals surface area (Å²) in [5.74, 6) is 1.30. The van der Waals surface area contributed by atoms with Crippen LogP contribution in [-0.4, -0.2) is 46.5 Å². The number of nitrogens with one attached hydrogen (secondary N) is 1. The standard InChI is InChI=1S/C31H38N2O5.C5H11NO2/c1-36-27-18-15-24(16-19-27)10-6-4-2-3-5-7-21-37-30-20-17-26(33-29(30)13-9-14-31(34)35)23-38-28-12-8-11-25(32)22-28;1-5(2,3)6-4(7)8/h8-9,11-13,15-20,22H,2-7,10,14,21,23,32H2,1H3,(H,34,35);6H,1-3H3,(H,7,8)/b13-9+;. The number of hydrogen-bond donors (Lipinski definition) is 4. The van der Waals surface area contributed by atoms with E-state index in [1.54, 1.807) is 52.2 Å². The van der Waals surface area contributed by atoms with Crippen molar-refractivity contribution < 1.29 is 34.0 Å². The minimum absolute atomic E-state index is 0.0798. The molecular weight excluding hydrogens is 586 g/mol. The normalized spacial score (nSPS) is 11.0. The first-order valence-electron chi connectivity index (χ1n) is 15.6. The number of aliphatic carboxylic acids is 1. The first-order chi connectivity index (χ1) is 21.9. The van der Waals surface area contributed by atoms with Crippen LogP contribution in [0.2, 0.25) is 0 Å². The molecule has 0 unspecified atom stereocenters. The lowest BCUT2D eigenvalue weighted by molar-refractivity contribution is -0.135. The molecule has 3 rings (SSSR count). The third-order valence-corrected chi connectivity index (χ3v) is 6.51. The van der Waals surface area contributed by atoms with Crippen molar-refractivity contribution in [1.29, 1.82) is 0 Å². The van der Waals surface area contributed by atoms with Crippen molar-refractivity contribution in [3.63, 3.8) is 0 Å². The number of carboxylic acids is 1. The molecule has 10 nitrogen and oxygen atoms in total. The van der Waals surface area contributed by atoms with Crippen molar-refractivity contribution in [2.24, 2.45) is 0 Å². The maximum absolute atomic E-state index is 10.9. The summed E-state index contributed by atoms with van der Waals surface area (Å²) in [4.78, 5) is 25.5. The third-order valence-electron chi connectivity index (χ3n) is 6.51. The molecule has 1 aromatic heterocycles. The quantitative estimate of drug-likeness (QED) is 0.0861. The fourth-order valence-electron chi connectivity index (χ4n) is 4.29. The number of carbonyl (C=O) groups is 2. The Morgan fingerprint density at radius 3 is 2.20 bits per heavy atom. The molecule has 5 N–H and O–H groups in total. The molecule has 0 aliphatic carbocycles. The van der Waals surface area contributed by atoms with Gasteiger partial charge in [0.1, 0.15) is 29.5 Å². The van der Waals surface area contributed by atoms with Crippen LogP contribution in [0.25, 0.3) is 6.08 Å². The molecule has 0 fully saturated rings. The van der Waals surface area contributed by atoms with Crippen LogP contribution in [0, 0.1) is 0 Å². The van der Waals surface area contributed by atoms with Crippen molar-refractivity contribution in [2.75, 3.05) is 19.5 Å². The van der Waals surface area contributed by atoms with E-state index in [4.69, 9.17) is 30.2 Å². The fraction of sp³-hybridized carbons (Fsp3) is 0.417. The predicted octanol–water partition coefficient (Wildman–Crippen LogP) is 7.75. The van der Waals surface area contributed by atoms with Gasteiger partial charge in [0.25, 0.3) is 0 Å². The molecule has 1 heterocycles. The molecule has 1 amide bonds. The van der Waals surface area contributed by atoms with Crippen LogP contribution in [0.15, 0.2) is 66.7 Å². The summed E-state index contributed by atoms with van der Waals surface area (Å²) in [5.41, 5.74) is 8.77. The Morgan fingerprint density at radius 2 is 1.59 bits per heavy atom. The highest BCUT2D eigenvalue weighted by Gasteiger charge is 2.11. The number of benzene rings is 2. The Labute approximate surface area is 272 Å². The molecule has 0 bridgehead atoms. The molecule has 3 aromatic rings. The van der Waals surface area contributed by atoms with Gasteiger partial charge in [-0.3, -0.25) is 4.79 Å². The second kappa shape index (κ2) is 20.3. The van der Waals surface area contributed by atoms with E-state index in [-0.39, 0.29) is 18.6 Å². The molecule has 10 heteroatoms. The van der Waals surface area contributed by atoms with Gasteiger partial charge in [0.2, 0.25) is 0 Å². The van der Waals surface area contributed by atoms with E-state index in [1.165, 1.54) is 31.2 Å². The monoisotopic (exact) mass is 635 g/mol. The summed E-state index contributed by atoms with van der Waals surface area (Å²) in [6.45, 7) is 6.23. The number of amides is 1. The van der Waals surface area contributed by atoms with Gasteiger partial charge in [-0.25, -0.2) is 9.78 Å². The van der Waals surface area contributed by atoms with Crippen LogP contribution in [0.1, 0.15) is 82.7 Å². The van der Waals surface area contributed by atoms with Gasteiger partial charge in [0.05, 0.1) is 25.8 Å². The predicted molar refractivity (Wildman–Crippen MR) is 182 cm³/mol. The zero-order valence-electron chi connectivity index (χ0n) is 27.5. The highest BCUT2D eigenvalue weighted by molar-refractivity contribution is 5.70. The number of pyridine rings is 1. The van der Waals surface area contributed by atoms with Gasteiger partial charge in [-0.2, -0.15) is 0 Å². The number of nitrogen functional groups attached to an aromatic ring is 1. The minimum atomic E-state index is -0.975. The number of unbranched alkanes of at least 4 members (excludes halogenated alkanes) is 5. The van der Waals surface area contributed by atoms with Crippen LogP contribution in [0.5, 0.6) is 17.2 Å². The van der Waals surface area contributed by atoms with Crippen LogP contribution in [0.3, 0.4) is 0 Å². The number of hydrogen-bond acceptors (Lipinski definition) is 7. The second-order valence-corrected chi connectivity index (χ2v) is 11.8. The van der Waals surface area contributed by atoms with Crippen LogP contribution >= 0.6 is 0 Å². The summed E-state index contributed by atoms with van der Waals surface area (Å²) >= 11 is 0. The van der Waals surface area contributed by atoms with Gasteiger partial charge in [-0.05, 0) is 88.1 Å². The summed E-state index contributed by atoms with van der Waals surface area (Å²) in [7, 11) is 1.69. The molecule has 0 saturated heterocycles. The average molecular weight is 636 g/mol. The minimum Gasteiger partial charge on any atom is -0.497 e. The first kappa shape index (κ1) is 37.5. The van der Waals surface area contributed by atoms with Gasteiger partial charge in [-0.1, -0.05) is 50.0 Å². The largest absolute Gasteiger partial charge is 0.497 e. The maximum Gasteiger partial charge on any atom is 0.405 e. The Kier molecular flexibility index (Phi) is 16.6. The number of rotatable bonds is 17. The second-order valence-electron chi connectivity index (χ2n) is 11.8. The molecule has 46 heavy (non-hydrogen) atoms. The maximum atomic E-state index is 10.9. The van der Waals surface area contributed by atoms with Crippen LogP contribution in [-0.2, 0) is 17.8 Å². The van der Waals surface area contributed by atoms with Gasteiger partial charge < -0.3 is 35.5 Å². The number of anilines is 1. The molecule has 250 valence electrons. The van der Waals surface area contributed by atoms with E-state index in [9.17, 15) is 9.59 Å². The van der Waals surface area contributed by atoms with Gasteiger partial charge >= 0.3 is 12.1 Å². The zero-order valence-corrected chi connectivity index (χ0v) is 27.5. The van der Waals surface area contributed by atoms with E-state index < -0.39 is 12.1 Å². The van der Waals surface area contributed by atoms with Gasteiger partial charge in [-0.15, -0.1) is 0 Å². The van der Waals surface area contributed by atoms with E-state index in [0.717, 1.165) is 25.0 Å². The number of methoxy groups -OCH3 is 1. The Morgan fingerprint density at radius 1 is 0.891 bits per heavy atom. The molecule has 2 aromatic carbocycles. The summed E-state index contributed by atoms with van der Waals surface area (Å²) in [5, 5.41) is 19.4. The lowest BCUT2D eigenvalue weighted by Gasteiger charge is -2.16. The third kappa shape index (κ3) is 16.9. The Hall–Kier alpha value is -4.73. The number of nitrogens with two attached hydrogens (primary N) is 1. The SMILES string of the molecule is CC(C)(C)NC(=O)O.COc1ccc(CCCCCCCCOc2ccc(COc3cccc(N)c3)nc2/C=C/CC(=O)O)cc1. The number of aromatic nitrogens is 1. The topological polar surface area (TPSA) is 153 Å². The van der Waals surface area contributed by atoms with Gasteiger partial charge in [0, 0.05) is 17.3 Å². The Bertz CT molecular complexity index is 1370. The molecule has 0 aliphatic rings. The number of nitrogens with zero attached hydrogens (tertiary/aromatic N) is 1.